The van der Waals surface area contributed by atoms with E-state index in [-0.39, 0.29) is 6.10 Å². The maximum Gasteiger partial charge on any atom is 0.203 e. The molecular weight excluding hydrogens is 392 g/mol. The third kappa shape index (κ3) is 4.50. The lowest BCUT2D eigenvalue weighted by Gasteiger charge is -2.26. The Balaban J connectivity index is 1.64. The van der Waals surface area contributed by atoms with Crippen molar-refractivity contribution in [1.82, 2.24) is 9.88 Å². The lowest BCUT2D eigenvalue weighted by molar-refractivity contribution is 0.0671. The topological polar surface area (TPSA) is 56.0 Å². The summed E-state index contributed by atoms with van der Waals surface area (Å²) in [5, 5.41) is 1.28. The van der Waals surface area contributed by atoms with Crippen molar-refractivity contribution in [2.75, 3.05) is 34.5 Å². The van der Waals surface area contributed by atoms with Crippen LogP contribution in [-0.4, -0.2) is 50.5 Å². The van der Waals surface area contributed by atoms with Gasteiger partial charge in [0.1, 0.15) is 0 Å². The van der Waals surface area contributed by atoms with Crippen LogP contribution in [0.5, 0.6) is 17.2 Å². The molecule has 1 aliphatic heterocycles. The van der Waals surface area contributed by atoms with Gasteiger partial charge in [-0.2, -0.15) is 0 Å². The van der Waals surface area contributed by atoms with Crippen molar-refractivity contribution in [2.45, 2.75) is 39.0 Å². The first kappa shape index (κ1) is 21.5. The molecule has 6 nitrogen and oxygen atoms in total. The summed E-state index contributed by atoms with van der Waals surface area (Å²) in [5.74, 6) is 2.01. The SMILES string of the molecule is COc1ccc(CN(Cc2[nH]c3ccccc3c2C)C[C@H]2CCCO2)c(OC)c1OC. The molecular formula is C25H32N2O4. The highest BCUT2D eigenvalue weighted by Crippen LogP contribution is 2.40. The number of benzene rings is 2. The molecule has 1 fully saturated rings. The number of rotatable bonds is 9. The molecule has 0 amide bonds. The summed E-state index contributed by atoms with van der Waals surface area (Å²) in [6.45, 7) is 5.43. The van der Waals surface area contributed by atoms with E-state index in [1.54, 1.807) is 21.3 Å². The van der Waals surface area contributed by atoms with Crippen LogP contribution in [0.1, 0.15) is 29.7 Å². The molecule has 3 aromatic rings. The Kier molecular flexibility index (Phi) is 6.68. The number of aryl methyl sites for hydroxylation is 1. The third-order valence-electron chi connectivity index (χ3n) is 6.12. The van der Waals surface area contributed by atoms with Crippen molar-refractivity contribution in [2.24, 2.45) is 0 Å². The molecule has 2 aromatic carbocycles. The minimum absolute atomic E-state index is 0.260. The highest BCUT2D eigenvalue weighted by Gasteiger charge is 2.23. The highest BCUT2D eigenvalue weighted by atomic mass is 16.5. The van der Waals surface area contributed by atoms with Crippen LogP contribution in [0.2, 0.25) is 0 Å². The van der Waals surface area contributed by atoms with Crippen LogP contribution >= 0.6 is 0 Å². The Morgan fingerprint density at radius 2 is 1.81 bits per heavy atom. The number of aromatic amines is 1. The smallest absolute Gasteiger partial charge is 0.203 e. The standard InChI is InChI=1S/C25H32N2O4/c1-17-20-9-5-6-10-21(20)26-22(17)16-27(15-19-8-7-13-31-19)14-18-11-12-23(28-2)25(30-4)24(18)29-3/h5-6,9-12,19,26H,7-8,13-16H2,1-4H3/t19-/m1/s1. The Bertz CT molecular complexity index is 1020. The molecule has 1 saturated heterocycles. The highest BCUT2D eigenvalue weighted by molar-refractivity contribution is 5.84. The first-order chi connectivity index (χ1) is 15.1. The van der Waals surface area contributed by atoms with Gasteiger partial charge in [0.2, 0.25) is 5.75 Å². The van der Waals surface area contributed by atoms with Crippen LogP contribution < -0.4 is 14.2 Å². The molecule has 4 rings (SSSR count). The fraction of sp³-hybridized carbons (Fsp3) is 0.440. The van der Waals surface area contributed by atoms with Gasteiger partial charge in [-0.3, -0.25) is 4.90 Å². The zero-order chi connectivity index (χ0) is 21.8. The Morgan fingerprint density at radius 3 is 2.48 bits per heavy atom. The second-order valence-corrected chi connectivity index (χ2v) is 8.07. The van der Waals surface area contributed by atoms with Gasteiger partial charge in [-0.25, -0.2) is 0 Å². The molecule has 1 N–H and O–H groups in total. The van der Waals surface area contributed by atoms with Crippen LogP contribution in [0, 0.1) is 6.92 Å². The fourth-order valence-electron chi connectivity index (χ4n) is 4.51. The molecule has 166 valence electrons. The first-order valence-corrected chi connectivity index (χ1v) is 10.8. The molecule has 1 aliphatic rings. The maximum absolute atomic E-state index is 5.96. The van der Waals surface area contributed by atoms with Crippen molar-refractivity contribution < 1.29 is 18.9 Å². The van der Waals surface area contributed by atoms with E-state index < -0.39 is 0 Å². The van der Waals surface area contributed by atoms with E-state index in [1.807, 2.05) is 6.07 Å². The Labute approximate surface area is 184 Å². The largest absolute Gasteiger partial charge is 0.493 e. The monoisotopic (exact) mass is 424 g/mol. The van der Waals surface area contributed by atoms with E-state index in [9.17, 15) is 0 Å². The summed E-state index contributed by atoms with van der Waals surface area (Å²) in [5.41, 5.74) is 4.77. The molecule has 31 heavy (non-hydrogen) atoms. The van der Waals surface area contributed by atoms with Gasteiger partial charge in [-0.15, -0.1) is 0 Å². The summed E-state index contributed by atoms with van der Waals surface area (Å²) in [6, 6.07) is 12.5. The van der Waals surface area contributed by atoms with Crippen LogP contribution in [0.4, 0.5) is 0 Å². The van der Waals surface area contributed by atoms with E-state index >= 15 is 0 Å². The molecule has 0 bridgehead atoms. The average Bonchev–Trinajstić information content (AvgIpc) is 3.41. The van der Waals surface area contributed by atoms with Gasteiger partial charge < -0.3 is 23.9 Å². The predicted octanol–water partition coefficient (Wildman–Crippen LogP) is 4.68. The summed E-state index contributed by atoms with van der Waals surface area (Å²) in [7, 11) is 4.95. The van der Waals surface area contributed by atoms with Gasteiger partial charge in [0.25, 0.3) is 0 Å². The van der Waals surface area contributed by atoms with Crippen molar-refractivity contribution in [1.29, 1.82) is 0 Å². The summed E-state index contributed by atoms with van der Waals surface area (Å²) >= 11 is 0. The molecule has 0 radical (unpaired) electrons. The summed E-state index contributed by atoms with van der Waals surface area (Å²) < 4.78 is 22.7. The number of para-hydroxylation sites is 1. The molecule has 1 aromatic heterocycles. The van der Waals surface area contributed by atoms with Gasteiger partial charge in [-0.05, 0) is 37.5 Å². The number of hydrogen-bond donors (Lipinski definition) is 1. The number of nitrogens with one attached hydrogen (secondary N) is 1. The lowest BCUT2D eigenvalue weighted by atomic mass is 10.1. The van der Waals surface area contributed by atoms with Crippen LogP contribution in [0.15, 0.2) is 36.4 Å². The van der Waals surface area contributed by atoms with E-state index in [0.717, 1.165) is 44.6 Å². The van der Waals surface area contributed by atoms with Crippen LogP contribution in [0.3, 0.4) is 0 Å². The van der Waals surface area contributed by atoms with E-state index in [2.05, 4.69) is 47.1 Å². The fourth-order valence-corrected chi connectivity index (χ4v) is 4.51. The third-order valence-corrected chi connectivity index (χ3v) is 6.12. The number of fused-ring (bicyclic) bond motifs is 1. The number of hydrogen-bond acceptors (Lipinski definition) is 5. The van der Waals surface area contributed by atoms with E-state index in [1.165, 1.54) is 22.2 Å². The lowest BCUT2D eigenvalue weighted by Crippen LogP contribution is -2.32. The zero-order valence-corrected chi connectivity index (χ0v) is 18.9. The summed E-state index contributed by atoms with van der Waals surface area (Å²) in [4.78, 5) is 6.04. The van der Waals surface area contributed by atoms with E-state index in [0.29, 0.717) is 17.2 Å². The van der Waals surface area contributed by atoms with Crippen LogP contribution in [0.25, 0.3) is 10.9 Å². The summed E-state index contributed by atoms with van der Waals surface area (Å²) in [6.07, 6.45) is 2.49. The van der Waals surface area contributed by atoms with Gasteiger partial charge >= 0.3 is 0 Å². The van der Waals surface area contributed by atoms with Crippen LogP contribution in [-0.2, 0) is 17.8 Å². The van der Waals surface area contributed by atoms with Gasteiger partial charge in [-0.1, -0.05) is 24.3 Å². The second kappa shape index (κ2) is 9.62. The predicted molar refractivity (Wildman–Crippen MR) is 122 cm³/mol. The zero-order valence-electron chi connectivity index (χ0n) is 18.9. The number of H-pyrrole nitrogens is 1. The Morgan fingerprint density at radius 1 is 1.00 bits per heavy atom. The van der Waals surface area contributed by atoms with E-state index in [4.69, 9.17) is 18.9 Å². The molecule has 2 heterocycles. The number of nitrogens with zero attached hydrogens (tertiary/aromatic N) is 1. The van der Waals surface area contributed by atoms with Crippen molar-refractivity contribution in [3.8, 4) is 17.2 Å². The van der Waals surface area contributed by atoms with Gasteiger partial charge in [0.15, 0.2) is 11.5 Å². The molecule has 0 spiro atoms. The molecule has 1 atom stereocenters. The average molecular weight is 425 g/mol. The number of aromatic nitrogens is 1. The van der Waals surface area contributed by atoms with Crippen molar-refractivity contribution in [3.63, 3.8) is 0 Å². The molecule has 6 heteroatoms. The van der Waals surface area contributed by atoms with Crippen molar-refractivity contribution in [3.05, 3.63) is 53.2 Å². The van der Waals surface area contributed by atoms with Gasteiger partial charge in [0.05, 0.1) is 27.4 Å². The number of methoxy groups -OCH3 is 3. The number of ether oxygens (including phenoxy) is 4. The molecule has 0 unspecified atom stereocenters. The normalized spacial score (nSPS) is 16.2. The molecule has 0 saturated carbocycles. The minimum Gasteiger partial charge on any atom is -0.493 e. The molecule has 0 aliphatic carbocycles. The minimum atomic E-state index is 0.260. The second-order valence-electron chi connectivity index (χ2n) is 8.07. The quantitative estimate of drug-likeness (QED) is 0.540. The Hall–Kier alpha value is -2.70. The van der Waals surface area contributed by atoms with Gasteiger partial charge in [0, 0.05) is 48.4 Å². The first-order valence-electron chi connectivity index (χ1n) is 10.8. The van der Waals surface area contributed by atoms with Crippen molar-refractivity contribution >= 4 is 10.9 Å². The maximum atomic E-state index is 5.96.